The van der Waals surface area contributed by atoms with E-state index in [0.29, 0.717) is 9.90 Å². The molecule has 2 heterocycles. The van der Waals surface area contributed by atoms with E-state index >= 15 is 0 Å². The predicted molar refractivity (Wildman–Crippen MR) is 88.9 cm³/mol. The molecule has 0 aliphatic rings. The molecule has 7 nitrogen and oxygen atoms in total. The Kier molecular flexibility index (Phi) is 4.46. The van der Waals surface area contributed by atoms with Crippen LogP contribution in [0.1, 0.15) is 5.56 Å². The highest BCUT2D eigenvalue weighted by Gasteiger charge is 2.15. The fourth-order valence-electron chi connectivity index (χ4n) is 1.95. The maximum atomic E-state index is 12.1. The van der Waals surface area contributed by atoms with Crippen molar-refractivity contribution in [2.45, 2.75) is 6.54 Å². The number of nitrogens with one attached hydrogen (secondary N) is 1. The molecular formula is C15H9ClN4O3S. The lowest BCUT2D eigenvalue weighted by molar-refractivity contribution is -0.117. The molecule has 9 heteroatoms. The molecule has 0 spiro atoms. The topological polar surface area (TPSA) is 101 Å². The van der Waals surface area contributed by atoms with Crippen LogP contribution in [0.15, 0.2) is 44.9 Å². The maximum Gasteiger partial charge on any atom is 0.437 e. The first-order chi connectivity index (χ1) is 11.6. The van der Waals surface area contributed by atoms with Crippen molar-refractivity contribution in [3.05, 3.63) is 56.8 Å². The van der Waals surface area contributed by atoms with Gasteiger partial charge < -0.3 is 9.73 Å². The quantitative estimate of drug-likeness (QED) is 0.770. The molecule has 2 aromatic heterocycles. The lowest BCUT2D eigenvalue weighted by Crippen LogP contribution is -2.26. The number of aromatic nitrogens is 2. The molecule has 1 N–H and O–H groups in total. The third-order valence-electron chi connectivity index (χ3n) is 3.01. The van der Waals surface area contributed by atoms with Crippen molar-refractivity contribution in [1.82, 2.24) is 9.78 Å². The van der Waals surface area contributed by atoms with Gasteiger partial charge >= 0.3 is 5.76 Å². The first kappa shape index (κ1) is 16.0. The van der Waals surface area contributed by atoms with E-state index in [1.54, 1.807) is 18.2 Å². The van der Waals surface area contributed by atoms with E-state index < -0.39 is 11.7 Å². The summed E-state index contributed by atoms with van der Waals surface area (Å²) < 4.78 is 5.95. The van der Waals surface area contributed by atoms with Crippen molar-refractivity contribution >= 4 is 34.5 Å². The van der Waals surface area contributed by atoms with Crippen molar-refractivity contribution in [2.24, 2.45) is 0 Å². The van der Waals surface area contributed by atoms with Crippen LogP contribution in [0.25, 0.3) is 10.8 Å². The summed E-state index contributed by atoms with van der Waals surface area (Å²) in [5.41, 5.74) is 0.532. The first-order valence-electron chi connectivity index (χ1n) is 6.68. The van der Waals surface area contributed by atoms with Crippen LogP contribution in [0, 0.1) is 11.3 Å². The zero-order chi connectivity index (χ0) is 17.1. The van der Waals surface area contributed by atoms with Crippen molar-refractivity contribution in [3.8, 4) is 16.8 Å². The average molecular weight is 361 g/mol. The monoisotopic (exact) mass is 360 g/mol. The molecule has 0 saturated heterocycles. The SMILES string of the molecule is N#Cc1ccc(Cl)cc1NC(=O)Cn1nc(-c2cccs2)oc1=O. The molecule has 0 radical (unpaired) electrons. The summed E-state index contributed by atoms with van der Waals surface area (Å²) in [6.45, 7) is -0.342. The number of carbonyl (C=O) groups is 1. The van der Waals surface area contributed by atoms with Crippen LogP contribution in [-0.2, 0) is 11.3 Å². The summed E-state index contributed by atoms with van der Waals surface area (Å²) in [7, 11) is 0. The van der Waals surface area contributed by atoms with E-state index in [1.165, 1.54) is 23.5 Å². The minimum Gasteiger partial charge on any atom is -0.387 e. The summed E-state index contributed by atoms with van der Waals surface area (Å²) in [5.74, 6) is -1.11. The molecule has 24 heavy (non-hydrogen) atoms. The summed E-state index contributed by atoms with van der Waals surface area (Å²) in [4.78, 5) is 24.6. The molecule has 0 aliphatic heterocycles. The van der Waals surface area contributed by atoms with E-state index in [9.17, 15) is 9.59 Å². The molecule has 1 amide bonds. The van der Waals surface area contributed by atoms with Crippen LogP contribution in [0.4, 0.5) is 5.69 Å². The second-order valence-electron chi connectivity index (χ2n) is 4.66. The average Bonchev–Trinajstić information content (AvgIpc) is 3.18. The Labute approximate surface area is 144 Å². The van der Waals surface area contributed by atoms with Gasteiger partial charge in [0.25, 0.3) is 5.89 Å². The van der Waals surface area contributed by atoms with Gasteiger partial charge in [-0.05, 0) is 29.6 Å². The Bertz CT molecular complexity index is 985. The number of thiophene rings is 1. The molecule has 0 fully saturated rings. The number of anilines is 1. The fourth-order valence-corrected chi connectivity index (χ4v) is 2.77. The highest BCUT2D eigenvalue weighted by atomic mass is 35.5. The van der Waals surface area contributed by atoms with Crippen LogP contribution >= 0.6 is 22.9 Å². The number of halogens is 1. The first-order valence-corrected chi connectivity index (χ1v) is 7.94. The largest absolute Gasteiger partial charge is 0.437 e. The zero-order valence-corrected chi connectivity index (χ0v) is 13.6. The molecule has 1 aromatic carbocycles. The van der Waals surface area contributed by atoms with Crippen LogP contribution in [0.3, 0.4) is 0 Å². The van der Waals surface area contributed by atoms with Crippen molar-refractivity contribution in [3.63, 3.8) is 0 Å². The van der Waals surface area contributed by atoms with E-state index in [4.69, 9.17) is 21.3 Å². The third-order valence-corrected chi connectivity index (χ3v) is 4.10. The standard InChI is InChI=1S/C15H9ClN4O3S/c16-10-4-3-9(7-17)11(6-10)18-13(21)8-20-15(22)23-14(19-20)12-2-1-5-24-12/h1-6H,8H2,(H,18,21). The Morgan fingerprint density at radius 1 is 1.46 bits per heavy atom. The fraction of sp³-hybridized carbons (Fsp3) is 0.0667. The second-order valence-corrected chi connectivity index (χ2v) is 6.04. The van der Waals surface area contributed by atoms with Crippen molar-refractivity contribution < 1.29 is 9.21 Å². The van der Waals surface area contributed by atoms with Gasteiger partial charge in [-0.1, -0.05) is 17.7 Å². The zero-order valence-electron chi connectivity index (χ0n) is 12.0. The predicted octanol–water partition coefficient (Wildman–Crippen LogP) is 2.73. The minimum absolute atomic E-state index is 0.156. The smallest absolute Gasteiger partial charge is 0.387 e. The third kappa shape index (κ3) is 3.37. The molecule has 0 bridgehead atoms. The normalized spacial score (nSPS) is 10.3. The van der Waals surface area contributed by atoms with Crippen LogP contribution in [0.5, 0.6) is 0 Å². The number of hydrogen-bond donors (Lipinski definition) is 1. The van der Waals surface area contributed by atoms with Crippen LogP contribution < -0.4 is 11.1 Å². The minimum atomic E-state index is -0.736. The van der Waals surface area contributed by atoms with Gasteiger partial charge in [-0.25, -0.2) is 4.79 Å². The summed E-state index contributed by atoms with van der Waals surface area (Å²) in [5, 5.41) is 17.8. The Morgan fingerprint density at radius 3 is 3.00 bits per heavy atom. The number of benzene rings is 1. The molecule has 3 aromatic rings. The van der Waals surface area contributed by atoms with Gasteiger partial charge in [0.2, 0.25) is 5.91 Å². The van der Waals surface area contributed by atoms with Gasteiger partial charge in [0.05, 0.1) is 16.1 Å². The van der Waals surface area contributed by atoms with Gasteiger partial charge in [-0.3, -0.25) is 4.79 Å². The highest BCUT2D eigenvalue weighted by Crippen LogP contribution is 2.22. The Balaban J connectivity index is 1.78. The molecule has 0 atom stereocenters. The lowest BCUT2D eigenvalue weighted by Gasteiger charge is -2.06. The number of amides is 1. The second kappa shape index (κ2) is 6.70. The number of nitrogens with zero attached hydrogens (tertiary/aromatic N) is 3. The highest BCUT2D eigenvalue weighted by molar-refractivity contribution is 7.13. The molecule has 0 unspecified atom stereocenters. The van der Waals surface area contributed by atoms with Gasteiger partial charge in [0.15, 0.2) is 0 Å². The van der Waals surface area contributed by atoms with Crippen LogP contribution in [-0.4, -0.2) is 15.7 Å². The van der Waals surface area contributed by atoms with Gasteiger partial charge in [-0.2, -0.15) is 9.94 Å². The summed E-state index contributed by atoms with van der Waals surface area (Å²) in [6, 6.07) is 10.0. The number of rotatable bonds is 4. The summed E-state index contributed by atoms with van der Waals surface area (Å²) in [6.07, 6.45) is 0. The molecule has 3 rings (SSSR count). The molecule has 0 saturated carbocycles. The molecule has 0 aliphatic carbocycles. The summed E-state index contributed by atoms with van der Waals surface area (Å²) >= 11 is 7.23. The molecule has 120 valence electrons. The van der Waals surface area contributed by atoms with Gasteiger partial charge in [-0.15, -0.1) is 16.4 Å². The van der Waals surface area contributed by atoms with Crippen molar-refractivity contribution in [2.75, 3.05) is 5.32 Å². The van der Waals surface area contributed by atoms with Gasteiger partial charge in [0.1, 0.15) is 12.6 Å². The molecular weight excluding hydrogens is 352 g/mol. The Morgan fingerprint density at radius 2 is 2.29 bits per heavy atom. The lowest BCUT2D eigenvalue weighted by atomic mass is 10.2. The Hall–Kier alpha value is -2.89. The number of hydrogen-bond acceptors (Lipinski definition) is 6. The van der Waals surface area contributed by atoms with Gasteiger partial charge in [0, 0.05) is 5.02 Å². The maximum absolute atomic E-state index is 12.1. The van der Waals surface area contributed by atoms with Crippen molar-refractivity contribution in [1.29, 1.82) is 5.26 Å². The van der Waals surface area contributed by atoms with Crippen LogP contribution in [0.2, 0.25) is 5.02 Å². The van der Waals surface area contributed by atoms with E-state index in [0.717, 1.165) is 4.68 Å². The van der Waals surface area contributed by atoms with E-state index in [1.807, 2.05) is 11.4 Å². The van der Waals surface area contributed by atoms with E-state index in [2.05, 4.69) is 10.4 Å². The number of carbonyl (C=O) groups excluding carboxylic acids is 1. The van der Waals surface area contributed by atoms with E-state index in [-0.39, 0.29) is 23.7 Å². The number of nitriles is 1.